The molecule has 0 saturated carbocycles. The number of fused-ring (bicyclic) bond motifs is 4. The SMILES string of the molecule is c1cc2c3c(c1)Sc1cccn1B3n1cccc1S2. The van der Waals surface area contributed by atoms with Crippen molar-refractivity contribution < 1.29 is 0 Å². The molecule has 3 aromatic rings. The van der Waals surface area contributed by atoms with Crippen LogP contribution in [0.5, 0.6) is 0 Å². The Morgan fingerprint density at radius 2 is 1.32 bits per heavy atom. The molecule has 2 aliphatic heterocycles. The van der Waals surface area contributed by atoms with Crippen molar-refractivity contribution in [1.82, 2.24) is 8.96 Å². The van der Waals surface area contributed by atoms with E-state index in [2.05, 4.69) is 63.8 Å². The Morgan fingerprint density at radius 1 is 0.737 bits per heavy atom. The molecular formula is C14H9BN2S2. The maximum absolute atomic E-state index is 2.37. The number of rotatable bonds is 0. The Kier molecular flexibility index (Phi) is 1.93. The number of hydrogen-bond acceptors (Lipinski definition) is 2. The van der Waals surface area contributed by atoms with E-state index in [0.717, 1.165) is 0 Å². The van der Waals surface area contributed by atoms with Crippen molar-refractivity contribution in [2.24, 2.45) is 0 Å². The molecule has 0 radical (unpaired) electrons. The highest BCUT2D eigenvalue weighted by atomic mass is 32.2. The van der Waals surface area contributed by atoms with E-state index in [1.807, 2.05) is 23.5 Å². The molecule has 0 fully saturated rings. The maximum atomic E-state index is 2.37. The van der Waals surface area contributed by atoms with Crippen LogP contribution >= 0.6 is 23.5 Å². The fraction of sp³-hybridized carbons (Fsp3) is 0. The van der Waals surface area contributed by atoms with E-state index in [1.54, 1.807) is 0 Å². The molecule has 5 heteroatoms. The predicted molar refractivity (Wildman–Crippen MR) is 79.7 cm³/mol. The van der Waals surface area contributed by atoms with E-state index in [4.69, 9.17) is 0 Å². The van der Waals surface area contributed by atoms with Crippen molar-refractivity contribution in [3.63, 3.8) is 0 Å². The average molecular weight is 280 g/mol. The van der Waals surface area contributed by atoms with Crippen LogP contribution in [0.4, 0.5) is 0 Å². The lowest BCUT2D eigenvalue weighted by Gasteiger charge is -2.32. The van der Waals surface area contributed by atoms with Gasteiger partial charge in [0, 0.05) is 9.79 Å². The molecule has 0 saturated heterocycles. The molecule has 0 N–H and O–H groups in total. The molecule has 0 spiro atoms. The lowest BCUT2D eigenvalue weighted by atomic mass is 9.67. The van der Waals surface area contributed by atoms with Crippen molar-refractivity contribution in [3.8, 4) is 0 Å². The van der Waals surface area contributed by atoms with Crippen molar-refractivity contribution in [2.75, 3.05) is 0 Å². The third-order valence-corrected chi connectivity index (χ3v) is 5.98. The lowest BCUT2D eigenvalue weighted by molar-refractivity contribution is 0.922. The van der Waals surface area contributed by atoms with Gasteiger partial charge in [0.25, 0.3) is 0 Å². The molecule has 2 nitrogen and oxygen atoms in total. The maximum Gasteiger partial charge on any atom is 0.422 e. The van der Waals surface area contributed by atoms with E-state index in [9.17, 15) is 0 Å². The lowest BCUT2D eigenvalue weighted by Crippen LogP contribution is -2.50. The largest absolute Gasteiger partial charge is 0.422 e. The van der Waals surface area contributed by atoms with Crippen molar-refractivity contribution in [3.05, 3.63) is 54.9 Å². The summed E-state index contributed by atoms with van der Waals surface area (Å²) in [6, 6.07) is 15.3. The van der Waals surface area contributed by atoms with Crippen LogP contribution in [-0.4, -0.2) is 15.9 Å². The Labute approximate surface area is 119 Å². The summed E-state index contributed by atoms with van der Waals surface area (Å²) in [6.45, 7) is 0.281. The summed E-state index contributed by atoms with van der Waals surface area (Å²) in [4.78, 5) is 2.78. The Morgan fingerprint density at radius 3 is 1.89 bits per heavy atom. The molecule has 1 aromatic carbocycles. The third-order valence-electron chi connectivity index (χ3n) is 3.72. The summed E-state index contributed by atoms with van der Waals surface area (Å²) in [5, 5.41) is 2.64. The van der Waals surface area contributed by atoms with E-state index in [-0.39, 0.29) is 6.98 Å². The minimum atomic E-state index is 0.281. The highest BCUT2D eigenvalue weighted by molar-refractivity contribution is 8.00. The van der Waals surface area contributed by atoms with Gasteiger partial charge in [-0.2, -0.15) is 0 Å². The van der Waals surface area contributed by atoms with Gasteiger partial charge in [-0.3, -0.25) is 0 Å². The van der Waals surface area contributed by atoms with Crippen molar-refractivity contribution in [1.29, 1.82) is 0 Å². The number of benzene rings is 1. The molecule has 0 atom stereocenters. The van der Waals surface area contributed by atoms with Gasteiger partial charge in [0.05, 0.1) is 10.1 Å². The van der Waals surface area contributed by atoms with E-state index in [0.29, 0.717) is 0 Å². The molecule has 0 amide bonds. The van der Waals surface area contributed by atoms with Crippen LogP contribution in [0.15, 0.2) is 74.7 Å². The summed E-state index contributed by atoms with van der Waals surface area (Å²) in [7, 11) is 0. The topological polar surface area (TPSA) is 9.86 Å². The smallest absolute Gasteiger partial charge is 0.362 e. The second-order valence-corrected chi connectivity index (χ2v) is 6.88. The summed E-state index contributed by atoms with van der Waals surface area (Å²) in [5.41, 5.74) is 1.45. The quantitative estimate of drug-likeness (QED) is 0.403. The van der Waals surface area contributed by atoms with E-state index in [1.165, 1.54) is 25.3 Å². The average Bonchev–Trinajstić information content (AvgIpc) is 3.05. The zero-order valence-corrected chi connectivity index (χ0v) is 11.6. The molecule has 0 aliphatic carbocycles. The first-order chi connectivity index (χ1) is 9.42. The molecule has 0 unspecified atom stereocenters. The highest BCUT2D eigenvalue weighted by Gasteiger charge is 2.37. The summed E-state index contributed by atoms with van der Waals surface area (Å²) in [6.07, 6.45) is 4.37. The van der Waals surface area contributed by atoms with Gasteiger partial charge in [-0.15, -0.1) is 0 Å². The van der Waals surface area contributed by atoms with Crippen LogP contribution in [0.3, 0.4) is 0 Å². The first-order valence-electron chi connectivity index (χ1n) is 6.24. The van der Waals surface area contributed by atoms with Crippen LogP contribution in [0.2, 0.25) is 0 Å². The van der Waals surface area contributed by atoms with Crippen LogP contribution in [0.25, 0.3) is 0 Å². The van der Waals surface area contributed by atoms with Gasteiger partial charge in [-0.1, -0.05) is 29.6 Å². The van der Waals surface area contributed by atoms with Crippen LogP contribution in [-0.2, 0) is 0 Å². The molecule has 0 bridgehead atoms. The van der Waals surface area contributed by atoms with Crippen LogP contribution in [0.1, 0.15) is 0 Å². The predicted octanol–water partition coefficient (Wildman–Crippen LogP) is 3.01. The minimum Gasteiger partial charge on any atom is -0.362 e. The fourth-order valence-electron chi connectivity index (χ4n) is 2.93. The van der Waals surface area contributed by atoms with Crippen molar-refractivity contribution in [2.45, 2.75) is 19.8 Å². The normalized spacial score (nSPS) is 14.8. The first-order valence-corrected chi connectivity index (χ1v) is 7.87. The molecule has 5 rings (SSSR count). The first kappa shape index (κ1) is 10.3. The zero-order valence-electron chi connectivity index (χ0n) is 9.98. The minimum absolute atomic E-state index is 0.281. The van der Waals surface area contributed by atoms with Crippen LogP contribution in [0, 0.1) is 0 Å². The van der Waals surface area contributed by atoms with Gasteiger partial charge in [0.2, 0.25) is 0 Å². The fourth-order valence-corrected chi connectivity index (χ4v) is 5.21. The van der Waals surface area contributed by atoms with Crippen LogP contribution < -0.4 is 5.46 Å². The zero-order chi connectivity index (χ0) is 12.4. The summed E-state index contributed by atoms with van der Waals surface area (Å²) >= 11 is 3.74. The standard InChI is InChI=1S/C14H9BN2S2/c1-4-10-14-11(5-1)19-13-7-3-9-17(13)15(14)16-8-2-6-12(16)18-10/h1-9H. The molecule has 90 valence electrons. The van der Waals surface area contributed by atoms with E-state index >= 15 is 0 Å². The van der Waals surface area contributed by atoms with Gasteiger partial charge in [-0.05, 0) is 54.3 Å². The number of aromatic nitrogens is 2. The molecule has 2 aliphatic rings. The van der Waals surface area contributed by atoms with E-state index < -0.39 is 0 Å². The van der Waals surface area contributed by atoms with Gasteiger partial charge in [0.15, 0.2) is 0 Å². The molecular weight excluding hydrogens is 271 g/mol. The monoisotopic (exact) mass is 280 g/mol. The summed E-state index contributed by atoms with van der Waals surface area (Å²) in [5.74, 6) is 0. The second kappa shape index (κ2) is 3.55. The summed E-state index contributed by atoms with van der Waals surface area (Å²) < 4.78 is 4.75. The molecule has 19 heavy (non-hydrogen) atoms. The Hall–Kier alpha value is -1.46. The second-order valence-electron chi connectivity index (χ2n) is 4.75. The highest BCUT2D eigenvalue weighted by Crippen LogP contribution is 2.40. The molecule has 4 heterocycles. The van der Waals surface area contributed by atoms with Gasteiger partial charge in [-0.25, -0.2) is 0 Å². The number of nitrogens with zero attached hydrogens (tertiary/aromatic N) is 2. The third kappa shape index (κ3) is 1.27. The van der Waals surface area contributed by atoms with Gasteiger partial charge >= 0.3 is 6.98 Å². The van der Waals surface area contributed by atoms with Gasteiger partial charge in [0.1, 0.15) is 0 Å². The van der Waals surface area contributed by atoms with Crippen molar-refractivity contribution >= 4 is 36.0 Å². The molecule has 2 aromatic heterocycles. The van der Waals surface area contributed by atoms with Gasteiger partial charge < -0.3 is 8.96 Å². The Bertz CT molecular complexity index is 743. The Balaban J connectivity index is 1.89. The number of hydrogen-bond donors (Lipinski definition) is 0.